The summed E-state index contributed by atoms with van der Waals surface area (Å²) in [6, 6.07) is 6.73. The molecule has 0 amide bonds. The van der Waals surface area contributed by atoms with Crippen molar-refractivity contribution < 1.29 is 41.0 Å². The summed E-state index contributed by atoms with van der Waals surface area (Å²) >= 11 is 0. The quantitative estimate of drug-likeness (QED) is 0.280. The van der Waals surface area contributed by atoms with E-state index in [0.29, 0.717) is 38.9 Å². The van der Waals surface area contributed by atoms with Crippen LogP contribution in [-0.4, -0.2) is 52.9 Å². The number of hydrogen-bond donors (Lipinski definition) is 3. The molecule has 1 aromatic heterocycles. The van der Waals surface area contributed by atoms with Crippen LogP contribution in [0.1, 0.15) is 30.9 Å². The van der Waals surface area contributed by atoms with Gasteiger partial charge in [-0.05, 0) is 47.9 Å². The first-order valence-corrected chi connectivity index (χ1v) is 12.7. The lowest BCUT2D eigenvalue weighted by molar-refractivity contribution is -0.198. The second-order valence-corrected chi connectivity index (χ2v) is 10.3. The highest BCUT2D eigenvalue weighted by molar-refractivity contribution is 5.74. The number of nitrogens with two attached hydrogens (primary N) is 1. The SMILES string of the molecule is Nc1nc(O[C@H](c2ccc(-c3cc(F)c(F)c(F)c3)cc2)C(F)(F)F)cc(N2CCC3(CC2)CN[C@H](C(=O)O)C3)n1. The molecule has 2 aliphatic heterocycles. The fourth-order valence-electron chi connectivity index (χ4n) is 5.35. The fraction of sp³-hybridized carbons (Fsp3) is 0.370. The highest BCUT2D eigenvalue weighted by Crippen LogP contribution is 2.41. The van der Waals surface area contributed by atoms with Crippen molar-refractivity contribution in [3.05, 3.63) is 65.5 Å². The van der Waals surface area contributed by atoms with E-state index in [2.05, 4.69) is 15.3 Å². The van der Waals surface area contributed by atoms with E-state index in [1.54, 1.807) is 0 Å². The zero-order valence-corrected chi connectivity index (χ0v) is 21.4. The number of aromatic nitrogens is 2. The first-order valence-electron chi connectivity index (χ1n) is 12.7. The molecule has 0 radical (unpaired) electrons. The van der Waals surface area contributed by atoms with E-state index < -0.39 is 47.6 Å². The van der Waals surface area contributed by atoms with E-state index >= 15 is 0 Å². The first kappa shape index (κ1) is 28.5. The molecule has 3 heterocycles. The summed E-state index contributed by atoms with van der Waals surface area (Å²) in [7, 11) is 0. The normalized spacial score (nSPS) is 19.4. The number of anilines is 2. The molecular formula is C27H25F6N5O3. The molecule has 2 atom stereocenters. The predicted molar refractivity (Wildman–Crippen MR) is 136 cm³/mol. The standard InChI is InChI=1S/C27H25F6N5O3/c28-17-9-16(10-18(29)22(17)30)14-1-3-15(4-2-14)23(27(31,32)33)41-21-11-20(36-25(34)37-21)38-7-5-26(6-8-38)12-19(24(39)40)35-13-26/h1-4,9-11,19,23,35H,5-8,12-13H2,(H,39,40)(H2,34,36,37)/t19-,23+/m0/s1. The van der Waals surface area contributed by atoms with Gasteiger partial charge in [-0.15, -0.1) is 0 Å². The Kier molecular flexibility index (Phi) is 7.45. The van der Waals surface area contributed by atoms with Crippen molar-refractivity contribution in [1.29, 1.82) is 0 Å². The molecule has 8 nitrogen and oxygen atoms in total. The minimum Gasteiger partial charge on any atom is -0.480 e. The van der Waals surface area contributed by atoms with Gasteiger partial charge in [0, 0.05) is 31.3 Å². The maximum absolute atomic E-state index is 14.1. The van der Waals surface area contributed by atoms with E-state index in [0.717, 1.165) is 24.3 Å². The number of nitrogen functional groups attached to an aromatic ring is 1. The largest absolute Gasteiger partial charge is 0.480 e. The lowest BCUT2D eigenvalue weighted by Crippen LogP contribution is -2.41. The topological polar surface area (TPSA) is 114 Å². The van der Waals surface area contributed by atoms with Crippen LogP contribution >= 0.6 is 0 Å². The van der Waals surface area contributed by atoms with Crippen LogP contribution in [0.5, 0.6) is 5.88 Å². The van der Waals surface area contributed by atoms with E-state index in [1.807, 2.05) is 4.90 Å². The van der Waals surface area contributed by atoms with Gasteiger partial charge in [-0.2, -0.15) is 23.1 Å². The summed E-state index contributed by atoms with van der Waals surface area (Å²) in [5, 5.41) is 12.3. The molecule has 0 aliphatic carbocycles. The second kappa shape index (κ2) is 10.7. The number of alkyl halides is 3. The van der Waals surface area contributed by atoms with Gasteiger partial charge in [-0.3, -0.25) is 4.79 Å². The molecular weight excluding hydrogens is 556 g/mol. The fourth-order valence-corrected chi connectivity index (χ4v) is 5.35. The number of ether oxygens (including phenoxy) is 1. The number of carboxylic acid groups (broad SMARTS) is 1. The molecule has 0 bridgehead atoms. The highest BCUT2D eigenvalue weighted by atomic mass is 19.4. The Morgan fingerprint density at radius 2 is 1.68 bits per heavy atom. The van der Waals surface area contributed by atoms with Crippen molar-refractivity contribution in [2.24, 2.45) is 5.41 Å². The molecule has 4 N–H and O–H groups in total. The number of carboxylic acids is 1. The van der Waals surface area contributed by atoms with Gasteiger partial charge in [-0.1, -0.05) is 24.3 Å². The third-order valence-corrected chi connectivity index (χ3v) is 7.58. The van der Waals surface area contributed by atoms with Crippen LogP contribution in [0.3, 0.4) is 0 Å². The average Bonchev–Trinajstić information content (AvgIpc) is 3.33. The molecule has 2 saturated heterocycles. The summed E-state index contributed by atoms with van der Waals surface area (Å²) < 4.78 is 88.0. The second-order valence-electron chi connectivity index (χ2n) is 10.3. The molecule has 218 valence electrons. The van der Waals surface area contributed by atoms with Gasteiger partial charge in [0.1, 0.15) is 11.9 Å². The van der Waals surface area contributed by atoms with Gasteiger partial charge in [0.25, 0.3) is 0 Å². The van der Waals surface area contributed by atoms with Crippen molar-refractivity contribution in [2.75, 3.05) is 30.3 Å². The van der Waals surface area contributed by atoms with Crippen molar-refractivity contribution in [1.82, 2.24) is 15.3 Å². The van der Waals surface area contributed by atoms with Crippen LogP contribution in [0.4, 0.5) is 38.1 Å². The van der Waals surface area contributed by atoms with Crippen LogP contribution < -0.4 is 20.7 Å². The third kappa shape index (κ3) is 6.01. The zero-order chi connectivity index (χ0) is 29.5. The van der Waals surface area contributed by atoms with Gasteiger partial charge in [0.15, 0.2) is 17.5 Å². The Balaban J connectivity index is 1.33. The number of piperidine rings is 1. The Bertz CT molecular complexity index is 1420. The third-order valence-electron chi connectivity index (χ3n) is 7.58. The molecule has 2 fully saturated rings. The predicted octanol–water partition coefficient (Wildman–Crippen LogP) is 4.86. The first-order chi connectivity index (χ1) is 19.3. The number of rotatable bonds is 6. The number of aliphatic carboxylic acids is 1. The maximum atomic E-state index is 14.1. The number of nitrogens with one attached hydrogen (secondary N) is 1. The molecule has 3 aromatic rings. The molecule has 2 aromatic carbocycles. The van der Waals surface area contributed by atoms with E-state index in [-0.39, 0.29) is 33.9 Å². The van der Waals surface area contributed by atoms with Crippen molar-refractivity contribution in [2.45, 2.75) is 37.6 Å². The molecule has 0 unspecified atom stereocenters. The average molecular weight is 582 g/mol. The van der Waals surface area contributed by atoms with Gasteiger partial charge in [-0.25, -0.2) is 13.2 Å². The van der Waals surface area contributed by atoms with Crippen LogP contribution in [0, 0.1) is 22.9 Å². The van der Waals surface area contributed by atoms with Crippen molar-refractivity contribution >= 4 is 17.7 Å². The van der Waals surface area contributed by atoms with Crippen molar-refractivity contribution in [3.8, 4) is 17.0 Å². The van der Waals surface area contributed by atoms with E-state index in [4.69, 9.17) is 10.5 Å². The summed E-state index contributed by atoms with van der Waals surface area (Å²) in [5.74, 6) is -5.82. The van der Waals surface area contributed by atoms with Crippen LogP contribution in [0.15, 0.2) is 42.5 Å². The van der Waals surface area contributed by atoms with Gasteiger partial charge < -0.3 is 25.8 Å². The van der Waals surface area contributed by atoms with Crippen LogP contribution in [0.25, 0.3) is 11.1 Å². The molecule has 41 heavy (non-hydrogen) atoms. The Morgan fingerprint density at radius 1 is 1.05 bits per heavy atom. The van der Waals surface area contributed by atoms with Gasteiger partial charge >= 0.3 is 12.1 Å². The van der Waals surface area contributed by atoms with E-state index in [9.17, 15) is 36.2 Å². The van der Waals surface area contributed by atoms with E-state index in [1.165, 1.54) is 18.2 Å². The van der Waals surface area contributed by atoms with Gasteiger partial charge in [0.2, 0.25) is 17.9 Å². The Labute approximate surface area is 230 Å². The lowest BCUT2D eigenvalue weighted by atomic mass is 9.76. The number of benzene rings is 2. The minimum absolute atomic E-state index is 0.0548. The molecule has 0 saturated carbocycles. The summed E-state index contributed by atoms with van der Waals surface area (Å²) in [4.78, 5) is 21.1. The summed E-state index contributed by atoms with van der Waals surface area (Å²) in [6.07, 6.45) is -5.52. The zero-order valence-electron chi connectivity index (χ0n) is 21.4. The smallest absolute Gasteiger partial charge is 0.429 e. The number of halogens is 6. The van der Waals surface area contributed by atoms with Gasteiger partial charge in [0.05, 0.1) is 0 Å². The molecule has 1 spiro atoms. The molecule has 2 aliphatic rings. The Morgan fingerprint density at radius 3 is 2.24 bits per heavy atom. The maximum Gasteiger partial charge on any atom is 0.429 e. The number of hydrogen-bond acceptors (Lipinski definition) is 7. The highest BCUT2D eigenvalue weighted by Gasteiger charge is 2.45. The van der Waals surface area contributed by atoms with Crippen LogP contribution in [0.2, 0.25) is 0 Å². The molecule has 5 rings (SSSR count). The van der Waals surface area contributed by atoms with Crippen LogP contribution in [-0.2, 0) is 4.79 Å². The minimum atomic E-state index is -4.87. The molecule has 14 heteroatoms. The number of carbonyl (C=O) groups is 1. The summed E-state index contributed by atoms with van der Waals surface area (Å²) in [6.45, 7) is 1.53. The van der Waals surface area contributed by atoms with Crippen molar-refractivity contribution in [3.63, 3.8) is 0 Å². The number of nitrogens with zero attached hydrogens (tertiary/aromatic N) is 3. The summed E-state index contributed by atoms with van der Waals surface area (Å²) in [5.41, 5.74) is 5.41. The Hall–Kier alpha value is -4.07. The lowest BCUT2D eigenvalue weighted by Gasteiger charge is -2.39. The monoisotopic (exact) mass is 581 g/mol.